The van der Waals surface area contributed by atoms with E-state index in [0.717, 1.165) is 43.0 Å². The van der Waals surface area contributed by atoms with Crippen LogP contribution in [0.25, 0.3) is 0 Å². The lowest BCUT2D eigenvalue weighted by molar-refractivity contribution is -0.117. The molecule has 2 aliphatic heterocycles. The average Bonchev–Trinajstić information content (AvgIpc) is 3.18. The Kier molecular flexibility index (Phi) is 9.67. The van der Waals surface area contributed by atoms with Gasteiger partial charge in [0.25, 0.3) is 0 Å². The fraction of sp³-hybridized carbons (Fsp3) is 0.571. The topological polar surface area (TPSA) is 86.3 Å². The lowest BCUT2D eigenvalue weighted by atomic mass is 10.1. The molecule has 2 heterocycles. The molecule has 9 heteroatoms. The van der Waals surface area contributed by atoms with E-state index in [-0.39, 0.29) is 42.0 Å². The van der Waals surface area contributed by atoms with Crippen LogP contribution < -0.4 is 15.5 Å². The van der Waals surface area contributed by atoms with Crippen molar-refractivity contribution < 1.29 is 14.3 Å². The van der Waals surface area contributed by atoms with E-state index in [4.69, 9.17) is 4.74 Å². The molecule has 2 saturated heterocycles. The molecule has 0 aromatic heterocycles. The van der Waals surface area contributed by atoms with Crippen LogP contribution in [0.5, 0.6) is 0 Å². The molecule has 0 bridgehead atoms. The molecular weight excluding hydrogens is 497 g/mol. The molecule has 2 N–H and O–H groups in total. The Morgan fingerprint density at radius 2 is 1.90 bits per heavy atom. The van der Waals surface area contributed by atoms with Gasteiger partial charge in [-0.2, -0.15) is 0 Å². The summed E-state index contributed by atoms with van der Waals surface area (Å²) >= 11 is 0. The van der Waals surface area contributed by atoms with Crippen molar-refractivity contribution in [3.8, 4) is 0 Å². The van der Waals surface area contributed by atoms with Crippen LogP contribution in [0.3, 0.4) is 0 Å². The Balaban J connectivity index is 0.00000320. The second-order valence-corrected chi connectivity index (χ2v) is 7.35. The second kappa shape index (κ2) is 12.0. The third kappa shape index (κ3) is 6.48. The number of hydrogen-bond donors (Lipinski definition) is 2. The second-order valence-electron chi connectivity index (χ2n) is 7.35. The van der Waals surface area contributed by atoms with Gasteiger partial charge in [-0.05, 0) is 43.9 Å². The van der Waals surface area contributed by atoms with Gasteiger partial charge in [0.05, 0.1) is 6.61 Å². The van der Waals surface area contributed by atoms with E-state index in [1.54, 1.807) is 11.9 Å². The summed E-state index contributed by atoms with van der Waals surface area (Å²) in [6.45, 7) is 5.05. The molecule has 166 valence electrons. The summed E-state index contributed by atoms with van der Waals surface area (Å²) in [4.78, 5) is 31.6. The van der Waals surface area contributed by atoms with Gasteiger partial charge < -0.3 is 25.2 Å². The molecule has 0 spiro atoms. The van der Waals surface area contributed by atoms with Gasteiger partial charge in [-0.15, -0.1) is 24.0 Å². The van der Waals surface area contributed by atoms with Crippen LogP contribution in [-0.4, -0.2) is 62.2 Å². The predicted molar refractivity (Wildman–Crippen MR) is 128 cm³/mol. The Hall–Kier alpha value is -2.04. The average molecular weight is 529 g/mol. The number of halogens is 1. The fourth-order valence-corrected chi connectivity index (χ4v) is 3.71. The third-order valence-corrected chi connectivity index (χ3v) is 5.37. The molecule has 3 rings (SSSR count). The maximum absolute atomic E-state index is 11.9. The normalized spacial score (nSPS) is 17.5. The Labute approximate surface area is 195 Å². The zero-order chi connectivity index (χ0) is 20.6. The van der Waals surface area contributed by atoms with Crippen LogP contribution in [0.4, 0.5) is 10.5 Å². The van der Waals surface area contributed by atoms with Gasteiger partial charge in [-0.3, -0.25) is 9.79 Å². The van der Waals surface area contributed by atoms with Crippen LogP contribution in [0.2, 0.25) is 0 Å². The van der Waals surface area contributed by atoms with E-state index in [1.807, 2.05) is 36.1 Å². The molecule has 0 unspecified atom stereocenters. The van der Waals surface area contributed by atoms with E-state index in [2.05, 4.69) is 15.6 Å². The summed E-state index contributed by atoms with van der Waals surface area (Å²) in [6.07, 6.45) is 3.07. The van der Waals surface area contributed by atoms with Crippen molar-refractivity contribution in [2.24, 2.45) is 4.99 Å². The number of guanidine groups is 1. The highest BCUT2D eigenvalue weighted by Crippen LogP contribution is 2.21. The van der Waals surface area contributed by atoms with E-state index >= 15 is 0 Å². The number of carbonyl (C=O) groups is 2. The number of amides is 2. The van der Waals surface area contributed by atoms with E-state index in [0.29, 0.717) is 32.7 Å². The predicted octanol–water partition coefficient (Wildman–Crippen LogP) is 2.72. The van der Waals surface area contributed by atoms with Crippen molar-refractivity contribution in [2.45, 2.75) is 45.2 Å². The summed E-state index contributed by atoms with van der Waals surface area (Å²) in [5, 5.41) is 6.77. The van der Waals surface area contributed by atoms with Crippen molar-refractivity contribution in [1.82, 2.24) is 15.5 Å². The highest BCUT2D eigenvalue weighted by atomic mass is 127. The number of anilines is 1. The number of rotatable bonds is 5. The maximum Gasteiger partial charge on any atom is 0.409 e. The minimum Gasteiger partial charge on any atom is -0.450 e. The first-order chi connectivity index (χ1) is 14.1. The lowest BCUT2D eigenvalue weighted by Crippen LogP contribution is -2.49. The maximum atomic E-state index is 11.9. The molecule has 2 amide bonds. The number of nitrogens with one attached hydrogen (secondary N) is 2. The van der Waals surface area contributed by atoms with Crippen LogP contribution in [-0.2, 0) is 16.1 Å². The first kappa shape index (κ1) is 24.2. The first-order valence-corrected chi connectivity index (χ1v) is 10.4. The summed E-state index contributed by atoms with van der Waals surface area (Å²) in [5.41, 5.74) is 2.09. The van der Waals surface area contributed by atoms with Crippen molar-refractivity contribution in [1.29, 1.82) is 0 Å². The molecule has 0 aliphatic carbocycles. The zero-order valence-electron chi connectivity index (χ0n) is 17.7. The molecular formula is C21H32IN5O3. The van der Waals surface area contributed by atoms with Crippen LogP contribution in [0, 0.1) is 0 Å². The number of benzene rings is 1. The molecule has 8 nitrogen and oxygen atoms in total. The summed E-state index contributed by atoms with van der Waals surface area (Å²) in [6, 6.07) is 8.36. The highest BCUT2D eigenvalue weighted by Gasteiger charge is 2.24. The summed E-state index contributed by atoms with van der Waals surface area (Å²) in [7, 11) is 1.76. The number of nitrogens with zero attached hydrogens (tertiary/aromatic N) is 3. The van der Waals surface area contributed by atoms with E-state index in [9.17, 15) is 9.59 Å². The minimum absolute atomic E-state index is 0. The largest absolute Gasteiger partial charge is 0.450 e. The van der Waals surface area contributed by atoms with Gasteiger partial charge in [0.1, 0.15) is 0 Å². The van der Waals surface area contributed by atoms with Gasteiger partial charge in [0, 0.05) is 51.4 Å². The van der Waals surface area contributed by atoms with Gasteiger partial charge in [0.15, 0.2) is 5.96 Å². The van der Waals surface area contributed by atoms with Crippen molar-refractivity contribution in [2.75, 3.05) is 38.2 Å². The van der Waals surface area contributed by atoms with Gasteiger partial charge in [-0.25, -0.2) is 4.79 Å². The smallest absolute Gasteiger partial charge is 0.409 e. The number of likely N-dealkylation sites (tertiary alicyclic amines) is 1. The Morgan fingerprint density at radius 1 is 1.20 bits per heavy atom. The van der Waals surface area contributed by atoms with Crippen molar-refractivity contribution in [3.63, 3.8) is 0 Å². The van der Waals surface area contributed by atoms with E-state index < -0.39 is 0 Å². The molecule has 2 fully saturated rings. The fourth-order valence-electron chi connectivity index (χ4n) is 3.71. The highest BCUT2D eigenvalue weighted by molar-refractivity contribution is 14.0. The Morgan fingerprint density at radius 3 is 2.47 bits per heavy atom. The lowest BCUT2D eigenvalue weighted by Gasteiger charge is -2.32. The molecule has 0 atom stereocenters. The third-order valence-electron chi connectivity index (χ3n) is 5.37. The number of piperidine rings is 1. The molecule has 0 radical (unpaired) electrons. The van der Waals surface area contributed by atoms with Crippen LogP contribution in [0.15, 0.2) is 29.3 Å². The monoisotopic (exact) mass is 529 g/mol. The molecule has 1 aromatic carbocycles. The Bertz CT molecular complexity index is 733. The van der Waals surface area contributed by atoms with Crippen molar-refractivity contribution in [3.05, 3.63) is 29.8 Å². The van der Waals surface area contributed by atoms with Crippen LogP contribution in [0.1, 0.15) is 38.2 Å². The quantitative estimate of drug-likeness (QED) is 0.348. The SMILES string of the molecule is CCOC(=O)N1CCC(NC(=NC)NCc2ccc(N3CCCC3=O)cc2)CC1.I. The molecule has 2 aliphatic rings. The minimum atomic E-state index is -0.229. The van der Waals surface area contributed by atoms with Gasteiger partial charge >= 0.3 is 6.09 Å². The number of carbonyl (C=O) groups excluding carboxylic acids is 2. The van der Waals surface area contributed by atoms with Gasteiger partial charge in [0.2, 0.25) is 5.91 Å². The molecule has 30 heavy (non-hydrogen) atoms. The molecule has 1 aromatic rings. The van der Waals surface area contributed by atoms with Gasteiger partial charge in [-0.1, -0.05) is 12.1 Å². The molecule has 0 saturated carbocycles. The van der Waals surface area contributed by atoms with E-state index in [1.165, 1.54) is 0 Å². The standard InChI is InChI=1S/C21H31N5O3.HI/c1-3-29-21(28)25-13-10-17(11-14-25)24-20(22-2)23-15-16-6-8-18(9-7-16)26-12-4-5-19(26)27;/h6-9,17H,3-5,10-15H2,1-2H3,(H2,22,23,24);1H. The van der Waals surface area contributed by atoms with Crippen molar-refractivity contribution >= 4 is 47.6 Å². The number of ether oxygens (including phenoxy) is 1. The number of aliphatic imine (C=N–C) groups is 1. The van der Waals surface area contributed by atoms with Crippen LogP contribution >= 0.6 is 24.0 Å². The number of hydrogen-bond acceptors (Lipinski definition) is 4. The first-order valence-electron chi connectivity index (χ1n) is 10.4. The zero-order valence-corrected chi connectivity index (χ0v) is 20.1. The summed E-state index contributed by atoms with van der Waals surface area (Å²) in [5.74, 6) is 0.952. The summed E-state index contributed by atoms with van der Waals surface area (Å²) < 4.78 is 5.06.